The quantitative estimate of drug-likeness (QED) is 0.552. The van der Waals surface area contributed by atoms with E-state index in [2.05, 4.69) is 15.6 Å². The van der Waals surface area contributed by atoms with Crippen LogP contribution in [0.25, 0.3) is 11.0 Å². The molecule has 2 amide bonds. The third kappa shape index (κ3) is 4.39. The Morgan fingerprint density at radius 1 is 1.47 bits per heavy atom. The predicted molar refractivity (Wildman–Crippen MR) is 109 cm³/mol. The number of amides is 2. The summed E-state index contributed by atoms with van der Waals surface area (Å²) in [5, 5.41) is 20.0. The van der Waals surface area contributed by atoms with E-state index in [0.29, 0.717) is 32.7 Å². The molecule has 2 aromatic rings. The highest BCUT2D eigenvalue weighted by molar-refractivity contribution is 5.84. The first-order valence-corrected chi connectivity index (χ1v) is 10.5. The molecule has 4 rings (SSSR count). The molecule has 1 aliphatic carbocycles. The average Bonchev–Trinajstić information content (AvgIpc) is 3.52. The third-order valence-electron chi connectivity index (χ3n) is 5.57. The van der Waals surface area contributed by atoms with Gasteiger partial charge in [0.25, 0.3) is 5.91 Å². The Labute approximate surface area is 174 Å². The topological polar surface area (TPSA) is 122 Å². The molecule has 2 unspecified atom stereocenters. The number of aryl methyl sites for hydroxylation is 1. The van der Waals surface area contributed by atoms with Crippen molar-refractivity contribution in [1.82, 2.24) is 30.3 Å². The Bertz CT molecular complexity index is 906. The second-order valence-electron chi connectivity index (χ2n) is 7.78. The van der Waals surface area contributed by atoms with Crippen molar-refractivity contribution >= 4 is 23.0 Å². The molecule has 0 bridgehead atoms. The van der Waals surface area contributed by atoms with E-state index in [0.717, 1.165) is 36.1 Å². The molecule has 1 saturated heterocycles. The first kappa shape index (κ1) is 20.5. The molecule has 2 aliphatic rings. The monoisotopic (exact) mass is 416 g/mol. The molecular weight excluding hydrogens is 388 g/mol. The maximum atomic E-state index is 13.3. The van der Waals surface area contributed by atoms with E-state index in [4.69, 9.17) is 14.9 Å². The van der Waals surface area contributed by atoms with Gasteiger partial charge in [0.15, 0.2) is 5.65 Å². The van der Waals surface area contributed by atoms with Gasteiger partial charge >= 0.3 is 6.09 Å². The van der Waals surface area contributed by atoms with E-state index < -0.39 is 12.2 Å². The van der Waals surface area contributed by atoms with Crippen LogP contribution in [-0.4, -0.2) is 75.2 Å². The fraction of sp³-hybridized carbons (Fsp3) is 0.600. The van der Waals surface area contributed by atoms with Crippen molar-refractivity contribution in [2.75, 3.05) is 26.2 Å². The van der Waals surface area contributed by atoms with Gasteiger partial charge in [-0.25, -0.2) is 14.5 Å². The van der Waals surface area contributed by atoms with Crippen molar-refractivity contribution in [2.45, 2.75) is 50.9 Å². The van der Waals surface area contributed by atoms with Crippen LogP contribution >= 0.6 is 0 Å². The van der Waals surface area contributed by atoms with Crippen LogP contribution in [0.1, 0.15) is 37.9 Å². The summed E-state index contributed by atoms with van der Waals surface area (Å²) in [6.07, 6.45) is 2.80. The smallest absolute Gasteiger partial charge is 0.404 e. The number of rotatable bonds is 8. The van der Waals surface area contributed by atoms with E-state index in [9.17, 15) is 9.59 Å². The molecule has 0 spiro atoms. The molecule has 2 fully saturated rings. The molecule has 0 radical (unpaired) electrons. The molecule has 2 atom stereocenters. The normalized spacial score (nSPS) is 20.1. The summed E-state index contributed by atoms with van der Waals surface area (Å²) in [4.78, 5) is 30.3. The number of nitrogens with one attached hydrogen (secondary N) is 2. The van der Waals surface area contributed by atoms with Crippen LogP contribution in [0, 0.1) is 0 Å². The van der Waals surface area contributed by atoms with Crippen LogP contribution in [-0.2, 0) is 16.1 Å². The van der Waals surface area contributed by atoms with Crippen molar-refractivity contribution in [3.05, 3.63) is 24.0 Å². The van der Waals surface area contributed by atoms with E-state index >= 15 is 0 Å². The fourth-order valence-electron chi connectivity index (χ4n) is 3.98. The molecule has 1 saturated carbocycles. The molecule has 3 N–H and O–H groups in total. The molecule has 2 aromatic heterocycles. The number of morpholine rings is 1. The minimum atomic E-state index is -1.04. The Hall–Kier alpha value is -2.72. The number of aromatic nitrogens is 3. The van der Waals surface area contributed by atoms with Crippen molar-refractivity contribution in [2.24, 2.45) is 0 Å². The van der Waals surface area contributed by atoms with Crippen LogP contribution in [0.2, 0.25) is 0 Å². The summed E-state index contributed by atoms with van der Waals surface area (Å²) in [6, 6.07) is 3.85. The zero-order valence-corrected chi connectivity index (χ0v) is 17.1. The lowest BCUT2D eigenvalue weighted by molar-refractivity contribution is -0.148. The van der Waals surface area contributed by atoms with Gasteiger partial charge < -0.3 is 25.4 Å². The third-order valence-corrected chi connectivity index (χ3v) is 5.57. The molecule has 10 heteroatoms. The summed E-state index contributed by atoms with van der Waals surface area (Å²) in [5.74, 6) is 0.00875. The Balaban J connectivity index is 1.57. The lowest BCUT2D eigenvalue weighted by Crippen LogP contribution is -2.50. The summed E-state index contributed by atoms with van der Waals surface area (Å²) in [5.41, 5.74) is 1.56. The highest BCUT2D eigenvalue weighted by Crippen LogP contribution is 2.36. The number of ether oxygens (including phenoxy) is 1. The minimum absolute atomic E-state index is 0.00875. The van der Waals surface area contributed by atoms with Crippen LogP contribution in [0.3, 0.4) is 0 Å². The molecule has 30 heavy (non-hydrogen) atoms. The SMILES string of the molecule is CC(c1nn(CCCNC(=O)O)c2ncccc12)N(C(=O)C1CNCCO1)C1CC1. The van der Waals surface area contributed by atoms with Crippen molar-refractivity contribution in [3.63, 3.8) is 0 Å². The van der Waals surface area contributed by atoms with Gasteiger partial charge in [-0.3, -0.25) is 4.79 Å². The minimum Gasteiger partial charge on any atom is -0.465 e. The van der Waals surface area contributed by atoms with Crippen molar-refractivity contribution < 1.29 is 19.4 Å². The summed E-state index contributed by atoms with van der Waals surface area (Å²) in [6.45, 7) is 4.72. The van der Waals surface area contributed by atoms with Crippen LogP contribution in [0.15, 0.2) is 18.3 Å². The Kier molecular flexibility index (Phi) is 6.14. The number of hydrogen-bond acceptors (Lipinski definition) is 6. The fourth-order valence-corrected chi connectivity index (χ4v) is 3.98. The molecule has 10 nitrogen and oxygen atoms in total. The van der Waals surface area contributed by atoms with Gasteiger partial charge in [-0.15, -0.1) is 0 Å². The van der Waals surface area contributed by atoms with Gasteiger partial charge in [0, 0.05) is 43.8 Å². The summed E-state index contributed by atoms with van der Waals surface area (Å²) >= 11 is 0. The number of pyridine rings is 1. The van der Waals surface area contributed by atoms with Crippen LogP contribution < -0.4 is 10.6 Å². The second kappa shape index (κ2) is 8.97. The molecule has 162 valence electrons. The summed E-state index contributed by atoms with van der Waals surface area (Å²) in [7, 11) is 0. The lowest BCUT2D eigenvalue weighted by Gasteiger charge is -2.33. The lowest BCUT2D eigenvalue weighted by atomic mass is 10.1. The zero-order chi connectivity index (χ0) is 21.1. The highest BCUT2D eigenvalue weighted by Gasteiger charge is 2.41. The van der Waals surface area contributed by atoms with Gasteiger partial charge in [-0.2, -0.15) is 5.10 Å². The first-order chi connectivity index (χ1) is 14.6. The van der Waals surface area contributed by atoms with Gasteiger partial charge in [0.2, 0.25) is 0 Å². The summed E-state index contributed by atoms with van der Waals surface area (Å²) < 4.78 is 7.52. The number of carboxylic acid groups (broad SMARTS) is 1. The van der Waals surface area contributed by atoms with Gasteiger partial charge in [-0.05, 0) is 38.3 Å². The number of nitrogens with zero attached hydrogens (tertiary/aromatic N) is 4. The van der Waals surface area contributed by atoms with Crippen molar-refractivity contribution in [3.8, 4) is 0 Å². The van der Waals surface area contributed by atoms with E-state index in [1.54, 1.807) is 10.9 Å². The van der Waals surface area contributed by atoms with E-state index in [1.807, 2.05) is 24.0 Å². The molecule has 3 heterocycles. The maximum Gasteiger partial charge on any atom is 0.404 e. The number of hydrogen-bond donors (Lipinski definition) is 3. The zero-order valence-electron chi connectivity index (χ0n) is 17.1. The predicted octanol–water partition coefficient (Wildman–Crippen LogP) is 1.13. The molecular formula is C20H28N6O4. The number of carbonyl (C=O) groups excluding carboxylic acids is 1. The standard InChI is InChI=1S/C20H28N6O4/c1-13(26(14-5-6-14)19(27)16-12-21-9-11-30-16)17-15-4-2-7-22-18(15)25(24-17)10-3-8-23-20(28)29/h2,4,7,13-14,16,21,23H,3,5-6,8-12H2,1H3,(H,28,29). The molecule has 0 aromatic carbocycles. The van der Waals surface area contributed by atoms with Gasteiger partial charge in [0.05, 0.1) is 18.3 Å². The van der Waals surface area contributed by atoms with E-state index in [1.165, 1.54) is 0 Å². The number of carbonyl (C=O) groups is 2. The van der Waals surface area contributed by atoms with Crippen molar-refractivity contribution in [1.29, 1.82) is 0 Å². The first-order valence-electron chi connectivity index (χ1n) is 10.5. The van der Waals surface area contributed by atoms with Crippen LogP contribution in [0.4, 0.5) is 4.79 Å². The largest absolute Gasteiger partial charge is 0.465 e. The second-order valence-corrected chi connectivity index (χ2v) is 7.78. The molecule has 1 aliphatic heterocycles. The highest BCUT2D eigenvalue weighted by atomic mass is 16.5. The average molecular weight is 416 g/mol. The van der Waals surface area contributed by atoms with Crippen LogP contribution in [0.5, 0.6) is 0 Å². The Morgan fingerprint density at radius 3 is 3.00 bits per heavy atom. The maximum absolute atomic E-state index is 13.3. The number of fused-ring (bicyclic) bond motifs is 1. The Morgan fingerprint density at radius 2 is 2.30 bits per heavy atom. The van der Waals surface area contributed by atoms with Gasteiger partial charge in [0.1, 0.15) is 6.10 Å². The van der Waals surface area contributed by atoms with Gasteiger partial charge in [-0.1, -0.05) is 0 Å². The van der Waals surface area contributed by atoms with E-state index in [-0.39, 0.29) is 18.0 Å².